The third-order valence-electron chi connectivity index (χ3n) is 3.78. The van der Waals surface area contributed by atoms with Crippen LogP contribution in [0.5, 0.6) is 0 Å². The number of nitrogens with zero attached hydrogens (tertiary/aromatic N) is 4. The maximum Gasteiger partial charge on any atom is 0.140 e. The second kappa shape index (κ2) is 5.48. The Hall–Kier alpha value is -2.72. The summed E-state index contributed by atoms with van der Waals surface area (Å²) in [7, 11) is 0. The van der Waals surface area contributed by atoms with Crippen molar-refractivity contribution in [2.24, 2.45) is 0 Å². The van der Waals surface area contributed by atoms with Gasteiger partial charge < -0.3 is 4.57 Å². The van der Waals surface area contributed by atoms with Crippen molar-refractivity contribution in [3.63, 3.8) is 0 Å². The Bertz CT molecular complexity index is 1010. The predicted molar refractivity (Wildman–Crippen MR) is 91.8 cm³/mol. The number of rotatable bonds is 2. The minimum Gasteiger partial charge on any atom is -0.300 e. The average molecular weight is 321 g/mol. The van der Waals surface area contributed by atoms with Gasteiger partial charge in [0.25, 0.3) is 0 Å². The van der Waals surface area contributed by atoms with E-state index in [4.69, 9.17) is 11.6 Å². The quantitative estimate of drug-likeness (QED) is 0.548. The van der Waals surface area contributed by atoms with Crippen molar-refractivity contribution >= 4 is 22.5 Å². The number of aromatic nitrogens is 4. The van der Waals surface area contributed by atoms with Gasteiger partial charge in [-0.3, -0.25) is 4.98 Å². The molecule has 4 rings (SSSR count). The third kappa shape index (κ3) is 2.37. The normalized spacial score (nSPS) is 11.0. The first kappa shape index (κ1) is 13.9. The van der Waals surface area contributed by atoms with Crippen LogP contribution in [0.15, 0.2) is 61.2 Å². The first-order chi connectivity index (χ1) is 11.2. The van der Waals surface area contributed by atoms with Crippen LogP contribution >= 0.6 is 11.6 Å². The molecule has 3 aromatic heterocycles. The van der Waals surface area contributed by atoms with Crippen molar-refractivity contribution in [1.29, 1.82) is 0 Å². The number of pyridine rings is 1. The summed E-state index contributed by atoms with van der Waals surface area (Å²) in [4.78, 5) is 13.0. The molecule has 0 saturated heterocycles. The fraction of sp³-hybridized carbons (Fsp3) is 0.0556. The second-order valence-corrected chi connectivity index (χ2v) is 5.65. The zero-order valence-electron chi connectivity index (χ0n) is 12.4. The van der Waals surface area contributed by atoms with Crippen molar-refractivity contribution < 1.29 is 0 Å². The molecule has 5 heteroatoms. The van der Waals surface area contributed by atoms with E-state index in [2.05, 4.69) is 21.1 Å². The first-order valence-electron chi connectivity index (χ1n) is 7.24. The summed E-state index contributed by atoms with van der Waals surface area (Å²) in [5.41, 5.74) is 3.06. The lowest BCUT2D eigenvalue weighted by molar-refractivity contribution is 0.964. The maximum atomic E-state index is 6.38. The molecule has 23 heavy (non-hydrogen) atoms. The van der Waals surface area contributed by atoms with Crippen LogP contribution in [0.25, 0.3) is 27.8 Å². The zero-order chi connectivity index (χ0) is 15.8. The Balaban J connectivity index is 2.03. The smallest absolute Gasteiger partial charge is 0.140 e. The molecular formula is C18H13ClN4. The van der Waals surface area contributed by atoms with Gasteiger partial charge in [0.15, 0.2) is 0 Å². The highest BCUT2D eigenvalue weighted by Crippen LogP contribution is 2.35. The molecule has 3 heterocycles. The van der Waals surface area contributed by atoms with Crippen LogP contribution in [0.2, 0.25) is 5.02 Å². The molecule has 0 saturated carbocycles. The van der Waals surface area contributed by atoms with Crippen LogP contribution in [-0.4, -0.2) is 19.5 Å². The Morgan fingerprint density at radius 3 is 2.70 bits per heavy atom. The maximum absolute atomic E-state index is 6.38. The summed E-state index contributed by atoms with van der Waals surface area (Å²) in [5.74, 6) is 1.56. The SMILES string of the molecule is Cc1nccc(-n2cc(-c3ccccc3Cl)c3cnccc32)n1. The predicted octanol–water partition coefficient (Wildman–Crippen LogP) is 4.44. The molecule has 112 valence electrons. The molecule has 0 bridgehead atoms. The summed E-state index contributed by atoms with van der Waals surface area (Å²) in [6.45, 7) is 1.88. The summed E-state index contributed by atoms with van der Waals surface area (Å²) >= 11 is 6.38. The van der Waals surface area contributed by atoms with Gasteiger partial charge in [0.05, 0.1) is 5.52 Å². The van der Waals surface area contributed by atoms with Gasteiger partial charge in [-0.15, -0.1) is 0 Å². The second-order valence-electron chi connectivity index (χ2n) is 5.25. The Kier molecular flexibility index (Phi) is 3.32. The summed E-state index contributed by atoms with van der Waals surface area (Å²) < 4.78 is 2.05. The van der Waals surface area contributed by atoms with E-state index < -0.39 is 0 Å². The largest absolute Gasteiger partial charge is 0.300 e. The molecule has 0 amide bonds. The third-order valence-corrected chi connectivity index (χ3v) is 4.11. The number of hydrogen-bond donors (Lipinski definition) is 0. The lowest BCUT2D eigenvalue weighted by Gasteiger charge is -2.04. The van der Waals surface area contributed by atoms with Crippen molar-refractivity contribution in [2.75, 3.05) is 0 Å². The molecule has 0 aliphatic carbocycles. The number of aryl methyl sites for hydroxylation is 1. The van der Waals surface area contributed by atoms with E-state index in [1.807, 2.05) is 54.1 Å². The number of fused-ring (bicyclic) bond motifs is 1. The number of hydrogen-bond acceptors (Lipinski definition) is 3. The minimum atomic E-state index is 0.717. The van der Waals surface area contributed by atoms with Crippen molar-refractivity contribution in [3.05, 3.63) is 72.0 Å². The van der Waals surface area contributed by atoms with Crippen molar-refractivity contribution in [2.45, 2.75) is 6.92 Å². The highest BCUT2D eigenvalue weighted by molar-refractivity contribution is 6.33. The number of halogens is 1. The van der Waals surface area contributed by atoms with Crippen molar-refractivity contribution in [3.8, 4) is 16.9 Å². The van der Waals surface area contributed by atoms with Gasteiger partial charge in [0, 0.05) is 46.3 Å². The molecule has 0 fully saturated rings. The minimum absolute atomic E-state index is 0.717. The van der Waals surface area contributed by atoms with Gasteiger partial charge >= 0.3 is 0 Å². The summed E-state index contributed by atoms with van der Waals surface area (Å²) in [6.07, 6.45) is 7.46. The van der Waals surface area contributed by atoms with E-state index in [0.29, 0.717) is 5.02 Å². The fourth-order valence-corrected chi connectivity index (χ4v) is 2.97. The molecule has 0 spiro atoms. The van der Waals surface area contributed by atoms with Crippen LogP contribution < -0.4 is 0 Å². The van der Waals surface area contributed by atoms with Crippen LogP contribution in [0, 0.1) is 6.92 Å². The molecule has 0 aliphatic heterocycles. The molecule has 4 nitrogen and oxygen atoms in total. The lowest BCUT2D eigenvalue weighted by atomic mass is 10.1. The van der Waals surface area contributed by atoms with Gasteiger partial charge in [-0.1, -0.05) is 29.8 Å². The number of benzene rings is 1. The van der Waals surface area contributed by atoms with Gasteiger partial charge in [-0.05, 0) is 25.1 Å². The van der Waals surface area contributed by atoms with Gasteiger partial charge in [0.2, 0.25) is 0 Å². The molecular weight excluding hydrogens is 308 g/mol. The Morgan fingerprint density at radius 2 is 1.87 bits per heavy atom. The zero-order valence-corrected chi connectivity index (χ0v) is 13.2. The van der Waals surface area contributed by atoms with Crippen LogP contribution in [0.3, 0.4) is 0 Å². The topological polar surface area (TPSA) is 43.6 Å². The summed E-state index contributed by atoms with van der Waals surface area (Å²) in [5, 5.41) is 1.76. The van der Waals surface area contributed by atoms with E-state index in [0.717, 1.165) is 33.7 Å². The average Bonchev–Trinajstić information content (AvgIpc) is 2.95. The summed E-state index contributed by atoms with van der Waals surface area (Å²) in [6, 6.07) is 11.7. The van der Waals surface area contributed by atoms with Crippen LogP contribution in [0.1, 0.15) is 5.82 Å². The monoisotopic (exact) mass is 320 g/mol. The molecule has 0 radical (unpaired) electrons. The van der Waals surface area contributed by atoms with Crippen LogP contribution in [-0.2, 0) is 0 Å². The Morgan fingerprint density at radius 1 is 1.00 bits per heavy atom. The van der Waals surface area contributed by atoms with E-state index in [1.54, 1.807) is 12.4 Å². The fourth-order valence-electron chi connectivity index (χ4n) is 2.73. The van der Waals surface area contributed by atoms with Gasteiger partial charge in [0.1, 0.15) is 11.6 Å². The van der Waals surface area contributed by atoms with E-state index in [-0.39, 0.29) is 0 Å². The highest BCUT2D eigenvalue weighted by atomic mass is 35.5. The first-order valence-corrected chi connectivity index (χ1v) is 7.62. The molecule has 0 unspecified atom stereocenters. The molecule has 0 N–H and O–H groups in total. The Labute approximate surface area is 138 Å². The van der Waals surface area contributed by atoms with E-state index in [1.165, 1.54) is 0 Å². The van der Waals surface area contributed by atoms with Crippen LogP contribution in [0.4, 0.5) is 0 Å². The molecule has 0 atom stereocenters. The molecule has 1 aromatic carbocycles. The van der Waals surface area contributed by atoms with Crippen molar-refractivity contribution in [1.82, 2.24) is 19.5 Å². The molecule has 4 aromatic rings. The van der Waals surface area contributed by atoms with Gasteiger partial charge in [-0.25, -0.2) is 9.97 Å². The van der Waals surface area contributed by atoms with E-state index in [9.17, 15) is 0 Å². The van der Waals surface area contributed by atoms with E-state index >= 15 is 0 Å². The highest BCUT2D eigenvalue weighted by Gasteiger charge is 2.14. The lowest BCUT2D eigenvalue weighted by Crippen LogP contribution is -1.98. The molecule has 0 aliphatic rings. The standard InChI is InChI=1S/C18H13ClN4/c1-12-21-9-7-18(22-12)23-11-15(13-4-2-3-5-16(13)19)14-10-20-8-6-17(14)23/h2-11H,1H3. The van der Waals surface area contributed by atoms with Gasteiger partial charge in [-0.2, -0.15) is 0 Å².